The summed E-state index contributed by atoms with van der Waals surface area (Å²) in [4.78, 5) is 4.04. The fraction of sp³-hybridized carbons (Fsp3) is 0.0833. The van der Waals surface area contributed by atoms with Crippen molar-refractivity contribution in [3.63, 3.8) is 0 Å². The van der Waals surface area contributed by atoms with Crippen molar-refractivity contribution in [1.82, 2.24) is 4.98 Å². The second-order valence-corrected chi connectivity index (χ2v) is 4.41. The van der Waals surface area contributed by atoms with E-state index in [2.05, 4.69) is 26.2 Å². The molecule has 0 aliphatic heterocycles. The molecule has 0 bridgehead atoms. The van der Waals surface area contributed by atoms with Crippen LogP contribution in [-0.2, 0) is 6.54 Å². The van der Waals surface area contributed by atoms with Gasteiger partial charge in [0, 0.05) is 29.1 Å². The highest BCUT2D eigenvalue weighted by atomic mass is 79.9. The first kappa shape index (κ1) is 11.0. The van der Waals surface area contributed by atoms with Crippen molar-refractivity contribution in [2.45, 2.75) is 6.54 Å². The van der Waals surface area contributed by atoms with Gasteiger partial charge in [-0.1, -0.05) is 22.0 Å². The van der Waals surface area contributed by atoms with Gasteiger partial charge in [-0.3, -0.25) is 4.98 Å². The normalized spacial score (nSPS) is 10.1. The zero-order valence-electron chi connectivity index (χ0n) is 8.65. The van der Waals surface area contributed by atoms with E-state index < -0.39 is 0 Å². The van der Waals surface area contributed by atoms with Gasteiger partial charge in [0.15, 0.2) is 0 Å². The zero-order chi connectivity index (χ0) is 11.4. The number of nitrogens with two attached hydrogens (primary N) is 1. The molecule has 3 N–H and O–H groups in total. The molecule has 0 atom stereocenters. The Kier molecular flexibility index (Phi) is 3.41. The fourth-order valence-electron chi connectivity index (χ4n) is 1.41. The second kappa shape index (κ2) is 4.99. The fourth-order valence-corrected chi connectivity index (χ4v) is 1.81. The summed E-state index contributed by atoms with van der Waals surface area (Å²) >= 11 is 3.43. The summed E-state index contributed by atoms with van der Waals surface area (Å²) in [6.07, 6.45) is 3.45. The van der Waals surface area contributed by atoms with E-state index in [-0.39, 0.29) is 0 Å². The van der Waals surface area contributed by atoms with E-state index in [1.165, 1.54) is 0 Å². The van der Waals surface area contributed by atoms with Crippen molar-refractivity contribution < 1.29 is 0 Å². The summed E-state index contributed by atoms with van der Waals surface area (Å²) in [6, 6.07) is 9.94. The number of pyridine rings is 1. The summed E-state index contributed by atoms with van der Waals surface area (Å²) < 4.78 is 1.06. The Labute approximate surface area is 103 Å². The molecule has 0 amide bonds. The van der Waals surface area contributed by atoms with Crippen LogP contribution in [-0.4, -0.2) is 4.98 Å². The van der Waals surface area contributed by atoms with Crippen LogP contribution in [0.4, 0.5) is 11.4 Å². The Balaban J connectivity index is 2.02. The van der Waals surface area contributed by atoms with Gasteiger partial charge in [-0.25, -0.2) is 0 Å². The highest BCUT2D eigenvalue weighted by molar-refractivity contribution is 9.10. The molecular formula is C12H12BrN3. The molecule has 0 saturated carbocycles. The Morgan fingerprint density at radius 2 is 2.12 bits per heavy atom. The molecule has 0 radical (unpaired) electrons. The van der Waals surface area contributed by atoms with E-state index in [9.17, 15) is 0 Å². The molecular weight excluding hydrogens is 266 g/mol. The first-order chi connectivity index (χ1) is 7.74. The van der Waals surface area contributed by atoms with Gasteiger partial charge < -0.3 is 11.1 Å². The summed E-state index contributed by atoms with van der Waals surface area (Å²) in [5, 5.41) is 3.30. The average molecular weight is 278 g/mol. The van der Waals surface area contributed by atoms with E-state index in [1.807, 2.05) is 30.3 Å². The van der Waals surface area contributed by atoms with E-state index in [4.69, 9.17) is 5.73 Å². The van der Waals surface area contributed by atoms with Gasteiger partial charge in [0.2, 0.25) is 0 Å². The molecule has 0 aliphatic rings. The zero-order valence-corrected chi connectivity index (χ0v) is 10.2. The lowest BCUT2D eigenvalue weighted by molar-refractivity contribution is 1.11. The van der Waals surface area contributed by atoms with E-state index >= 15 is 0 Å². The average Bonchev–Trinajstić information content (AvgIpc) is 2.27. The molecule has 0 spiro atoms. The first-order valence-electron chi connectivity index (χ1n) is 4.93. The van der Waals surface area contributed by atoms with Crippen molar-refractivity contribution in [3.8, 4) is 0 Å². The summed E-state index contributed by atoms with van der Waals surface area (Å²) in [6.45, 7) is 0.717. The summed E-state index contributed by atoms with van der Waals surface area (Å²) in [7, 11) is 0. The predicted octanol–water partition coefficient (Wildman–Crippen LogP) is 3.04. The van der Waals surface area contributed by atoms with E-state index in [0.29, 0.717) is 12.2 Å². The van der Waals surface area contributed by atoms with Gasteiger partial charge in [0.1, 0.15) is 0 Å². The topological polar surface area (TPSA) is 50.9 Å². The minimum atomic E-state index is 0.688. The van der Waals surface area contributed by atoms with Crippen LogP contribution in [0.1, 0.15) is 5.56 Å². The Bertz CT molecular complexity index is 440. The van der Waals surface area contributed by atoms with Crippen LogP contribution in [0, 0.1) is 0 Å². The van der Waals surface area contributed by atoms with Crippen molar-refractivity contribution in [2.75, 3.05) is 11.1 Å². The van der Waals surface area contributed by atoms with E-state index in [1.54, 1.807) is 12.4 Å². The van der Waals surface area contributed by atoms with Gasteiger partial charge in [-0.05, 0) is 29.8 Å². The molecule has 0 saturated heterocycles. The molecule has 16 heavy (non-hydrogen) atoms. The van der Waals surface area contributed by atoms with Gasteiger partial charge in [-0.15, -0.1) is 0 Å². The number of anilines is 2. The molecule has 0 aliphatic carbocycles. The van der Waals surface area contributed by atoms with Crippen LogP contribution >= 0.6 is 15.9 Å². The van der Waals surface area contributed by atoms with Crippen LogP contribution in [0.2, 0.25) is 0 Å². The highest BCUT2D eigenvalue weighted by Crippen LogP contribution is 2.16. The summed E-state index contributed by atoms with van der Waals surface area (Å²) in [5.74, 6) is 0. The van der Waals surface area contributed by atoms with Crippen molar-refractivity contribution >= 4 is 27.3 Å². The van der Waals surface area contributed by atoms with Gasteiger partial charge in [0.05, 0.1) is 5.69 Å². The predicted molar refractivity (Wildman–Crippen MR) is 70.1 cm³/mol. The molecule has 2 aromatic rings. The molecule has 4 heteroatoms. The van der Waals surface area contributed by atoms with Crippen molar-refractivity contribution in [1.29, 1.82) is 0 Å². The van der Waals surface area contributed by atoms with Crippen LogP contribution in [0.15, 0.2) is 47.2 Å². The lowest BCUT2D eigenvalue weighted by atomic mass is 10.2. The number of nitrogens with one attached hydrogen (secondary N) is 1. The summed E-state index contributed by atoms with van der Waals surface area (Å²) in [5.41, 5.74) is 8.48. The maximum atomic E-state index is 5.65. The first-order valence-corrected chi connectivity index (χ1v) is 5.72. The monoisotopic (exact) mass is 277 g/mol. The molecule has 1 aromatic heterocycles. The molecule has 0 unspecified atom stereocenters. The third-order valence-electron chi connectivity index (χ3n) is 2.14. The van der Waals surface area contributed by atoms with Crippen molar-refractivity contribution in [2.24, 2.45) is 0 Å². The van der Waals surface area contributed by atoms with E-state index in [0.717, 1.165) is 15.7 Å². The molecule has 2 rings (SSSR count). The SMILES string of the molecule is Nc1cncc(CNc2cccc(Br)c2)c1. The second-order valence-electron chi connectivity index (χ2n) is 3.49. The number of aromatic nitrogens is 1. The molecule has 1 aromatic carbocycles. The van der Waals surface area contributed by atoms with Crippen LogP contribution in [0.5, 0.6) is 0 Å². The van der Waals surface area contributed by atoms with Crippen LogP contribution < -0.4 is 11.1 Å². The number of nitrogens with zero attached hydrogens (tertiary/aromatic N) is 1. The van der Waals surface area contributed by atoms with Gasteiger partial charge in [0.25, 0.3) is 0 Å². The van der Waals surface area contributed by atoms with Crippen LogP contribution in [0.25, 0.3) is 0 Å². The minimum Gasteiger partial charge on any atom is -0.397 e. The number of halogens is 1. The quantitative estimate of drug-likeness (QED) is 0.907. The highest BCUT2D eigenvalue weighted by Gasteiger charge is 1.96. The minimum absolute atomic E-state index is 0.688. The molecule has 1 heterocycles. The lowest BCUT2D eigenvalue weighted by Gasteiger charge is -2.06. The Hall–Kier alpha value is -1.55. The maximum Gasteiger partial charge on any atom is 0.0504 e. The standard InChI is InChI=1S/C12H12BrN3/c13-10-2-1-3-12(5-10)16-7-9-4-11(14)8-15-6-9/h1-6,8,16H,7,14H2. The number of rotatable bonds is 3. The molecule has 3 nitrogen and oxygen atoms in total. The van der Waals surface area contributed by atoms with Crippen molar-refractivity contribution in [3.05, 3.63) is 52.8 Å². The third-order valence-corrected chi connectivity index (χ3v) is 2.63. The number of benzene rings is 1. The maximum absolute atomic E-state index is 5.65. The number of hydrogen-bond donors (Lipinski definition) is 2. The number of nitrogen functional groups attached to an aromatic ring is 1. The molecule has 0 fully saturated rings. The Morgan fingerprint density at radius 1 is 1.25 bits per heavy atom. The molecule has 82 valence electrons. The number of hydrogen-bond acceptors (Lipinski definition) is 3. The van der Waals surface area contributed by atoms with Gasteiger partial charge >= 0.3 is 0 Å². The Morgan fingerprint density at radius 3 is 2.88 bits per heavy atom. The van der Waals surface area contributed by atoms with Gasteiger partial charge in [-0.2, -0.15) is 0 Å². The largest absolute Gasteiger partial charge is 0.397 e. The smallest absolute Gasteiger partial charge is 0.0504 e. The lowest BCUT2D eigenvalue weighted by Crippen LogP contribution is -2.00. The van der Waals surface area contributed by atoms with Crippen LogP contribution in [0.3, 0.4) is 0 Å². The third kappa shape index (κ3) is 2.97.